The van der Waals surface area contributed by atoms with E-state index in [1.165, 1.54) is 0 Å². The summed E-state index contributed by atoms with van der Waals surface area (Å²) in [6, 6.07) is 15.5. The van der Waals surface area contributed by atoms with Gasteiger partial charge >= 0.3 is 0 Å². The zero-order valence-electron chi connectivity index (χ0n) is 18.9. The molecule has 6 nitrogen and oxygen atoms in total. The number of benzene rings is 2. The van der Waals surface area contributed by atoms with Crippen molar-refractivity contribution in [2.75, 3.05) is 13.1 Å². The largest absolute Gasteiger partial charge is 0.338 e. The molecule has 1 aliphatic rings. The van der Waals surface area contributed by atoms with E-state index in [0.29, 0.717) is 48.5 Å². The average molecular weight is 465 g/mol. The monoisotopic (exact) mass is 464 g/mol. The van der Waals surface area contributed by atoms with Crippen molar-refractivity contribution < 1.29 is 18.0 Å². The molecule has 33 heavy (non-hydrogen) atoms. The number of carbonyl (C=O) groups is 2. The molecular formula is C26H28N2O4S. The SMILES string of the molecule is CC(C)CC(=O)CC1CN(C(=O)c2ccc(CS(=O)(=O)c3cccc4cccnc34)cc2)C1. The lowest BCUT2D eigenvalue weighted by Gasteiger charge is -2.39. The van der Waals surface area contributed by atoms with E-state index in [1.54, 1.807) is 53.6 Å². The summed E-state index contributed by atoms with van der Waals surface area (Å²) in [5.74, 6) is 0.596. The Bertz CT molecular complexity index is 1270. The lowest BCUT2D eigenvalue weighted by atomic mass is 9.90. The zero-order chi connectivity index (χ0) is 23.6. The maximum Gasteiger partial charge on any atom is 0.253 e. The molecule has 0 saturated carbocycles. The lowest BCUT2D eigenvalue weighted by Crippen LogP contribution is -2.50. The Morgan fingerprint density at radius 3 is 2.42 bits per heavy atom. The Balaban J connectivity index is 1.39. The first kappa shape index (κ1) is 23.1. The zero-order valence-corrected chi connectivity index (χ0v) is 19.7. The Kier molecular flexibility index (Phi) is 6.61. The number of rotatable bonds is 8. The van der Waals surface area contributed by atoms with E-state index in [4.69, 9.17) is 0 Å². The van der Waals surface area contributed by atoms with Gasteiger partial charge in [0, 0.05) is 49.0 Å². The molecular weight excluding hydrogens is 436 g/mol. The van der Waals surface area contributed by atoms with Crippen LogP contribution in [0.4, 0.5) is 0 Å². The summed E-state index contributed by atoms with van der Waals surface area (Å²) in [5, 5.41) is 0.776. The Morgan fingerprint density at radius 2 is 1.73 bits per heavy atom. The molecule has 2 heterocycles. The van der Waals surface area contributed by atoms with Gasteiger partial charge in [-0.05, 0) is 35.7 Å². The number of nitrogens with zero attached hydrogens (tertiary/aromatic N) is 2. The number of sulfone groups is 1. The Labute approximate surface area is 194 Å². The third-order valence-electron chi connectivity index (χ3n) is 5.88. The van der Waals surface area contributed by atoms with E-state index in [1.807, 2.05) is 26.0 Å². The fourth-order valence-corrected chi connectivity index (χ4v) is 5.81. The number of amides is 1. The molecule has 0 unspecified atom stereocenters. The molecule has 0 bridgehead atoms. The molecule has 0 radical (unpaired) electrons. The molecule has 1 aromatic heterocycles. The van der Waals surface area contributed by atoms with Gasteiger partial charge in [-0.1, -0.05) is 44.2 Å². The smallest absolute Gasteiger partial charge is 0.253 e. The summed E-state index contributed by atoms with van der Waals surface area (Å²) in [6.45, 7) is 5.24. The van der Waals surface area contributed by atoms with E-state index < -0.39 is 9.84 Å². The number of aromatic nitrogens is 1. The number of para-hydroxylation sites is 1. The van der Waals surface area contributed by atoms with E-state index in [-0.39, 0.29) is 28.3 Å². The van der Waals surface area contributed by atoms with Gasteiger partial charge in [-0.15, -0.1) is 0 Å². The molecule has 0 atom stereocenters. The van der Waals surface area contributed by atoms with Gasteiger partial charge in [0.05, 0.1) is 16.2 Å². The minimum atomic E-state index is -3.60. The van der Waals surface area contributed by atoms with Crippen LogP contribution in [0.3, 0.4) is 0 Å². The van der Waals surface area contributed by atoms with Crippen LogP contribution in [0.15, 0.2) is 65.7 Å². The molecule has 4 rings (SSSR count). The Hall–Kier alpha value is -3.06. The van der Waals surface area contributed by atoms with Gasteiger partial charge in [0.2, 0.25) is 0 Å². The topological polar surface area (TPSA) is 84.4 Å². The predicted octanol–water partition coefficient (Wildman–Crippen LogP) is 4.29. The van der Waals surface area contributed by atoms with E-state index in [0.717, 1.165) is 5.39 Å². The first-order chi connectivity index (χ1) is 15.7. The summed E-state index contributed by atoms with van der Waals surface area (Å²) in [4.78, 5) is 30.9. The summed E-state index contributed by atoms with van der Waals surface area (Å²) in [7, 11) is -3.60. The highest BCUT2D eigenvalue weighted by molar-refractivity contribution is 7.90. The van der Waals surface area contributed by atoms with Gasteiger partial charge in [-0.25, -0.2) is 8.42 Å². The number of Topliss-reactive ketones (excluding diaryl/α,β-unsaturated/α-hetero) is 1. The standard InChI is InChI=1S/C26H28N2O4S/c1-18(2)13-23(29)14-20-15-28(16-20)26(30)22-10-8-19(9-11-22)17-33(31,32)24-7-3-5-21-6-4-12-27-25(21)24/h3-12,18,20H,13-17H2,1-2H3. The van der Waals surface area contributed by atoms with Crippen LogP contribution in [-0.2, 0) is 20.4 Å². The van der Waals surface area contributed by atoms with E-state index in [9.17, 15) is 18.0 Å². The second-order valence-corrected chi connectivity index (χ2v) is 11.2. The average Bonchev–Trinajstić information content (AvgIpc) is 2.75. The molecule has 0 spiro atoms. The molecule has 0 aliphatic carbocycles. The van der Waals surface area contributed by atoms with Crippen LogP contribution in [0.25, 0.3) is 10.9 Å². The summed E-state index contributed by atoms with van der Waals surface area (Å²) >= 11 is 0. The van der Waals surface area contributed by atoms with Crippen LogP contribution < -0.4 is 0 Å². The predicted molar refractivity (Wildman–Crippen MR) is 128 cm³/mol. The first-order valence-corrected chi connectivity index (χ1v) is 12.8. The summed E-state index contributed by atoms with van der Waals surface area (Å²) < 4.78 is 26.1. The van der Waals surface area contributed by atoms with E-state index >= 15 is 0 Å². The van der Waals surface area contributed by atoms with Crippen molar-refractivity contribution in [3.63, 3.8) is 0 Å². The molecule has 1 amide bonds. The highest BCUT2D eigenvalue weighted by atomic mass is 32.2. The second-order valence-electron chi connectivity index (χ2n) is 9.20. The molecule has 1 aliphatic heterocycles. The molecule has 3 aromatic rings. The fraction of sp³-hybridized carbons (Fsp3) is 0.346. The van der Waals surface area contributed by atoms with Crippen molar-refractivity contribution in [2.45, 2.75) is 37.3 Å². The maximum atomic E-state index is 13.0. The number of carbonyl (C=O) groups excluding carboxylic acids is 2. The van der Waals surface area contributed by atoms with Crippen LogP contribution in [0.1, 0.15) is 42.6 Å². The van der Waals surface area contributed by atoms with Gasteiger partial charge < -0.3 is 4.90 Å². The molecule has 172 valence electrons. The summed E-state index contributed by atoms with van der Waals surface area (Å²) in [5.41, 5.74) is 1.60. The van der Waals surface area contributed by atoms with Gasteiger partial charge in [0.1, 0.15) is 5.78 Å². The number of likely N-dealkylation sites (tertiary alicyclic amines) is 1. The van der Waals surface area contributed by atoms with Crippen molar-refractivity contribution in [3.8, 4) is 0 Å². The highest BCUT2D eigenvalue weighted by Gasteiger charge is 2.32. The fourth-order valence-electron chi connectivity index (χ4n) is 4.28. The van der Waals surface area contributed by atoms with Gasteiger partial charge in [0.15, 0.2) is 9.84 Å². The van der Waals surface area contributed by atoms with Crippen LogP contribution >= 0.6 is 0 Å². The van der Waals surface area contributed by atoms with E-state index in [2.05, 4.69) is 4.98 Å². The van der Waals surface area contributed by atoms with Crippen molar-refractivity contribution in [2.24, 2.45) is 11.8 Å². The van der Waals surface area contributed by atoms with Crippen LogP contribution in [0.2, 0.25) is 0 Å². The van der Waals surface area contributed by atoms with Gasteiger partial charge in [0.25, 0.3) is 5.91 Å². The first-order valence-electron chi connectivity index (χ1n) is 11.2. The normalized spacial score (nSPS) is 14.5. The molecule has 1 saturated heterocycles. The minimum absolute atomic E-state index is 0.0878. The number of fused-ring (bicyclic) bond motifs is 1. The highest BCUT2D eigenvalue weighted by Crippen LogP contribution is 2.26. The third kappa shape index (κ3) is 5.30. The number of pyridine rings is 1. The Morgan fingerprint density at radius 1 is 1.03 bits per heavy atom. The van der Waals surface area contributed by atoms with Crippen LogP contribution in [0.5, 0.6) is 0 Å². The lowest BCUT2D eigenvalue weighted by molar-refractivity contribution is -0.121. The third-order valence-corrected chi connectivity index (χ3v) is 7.60. The number of hydrogen-bond donors (Lipinski definition) is 0. The maximum absolute atomic E-state index is 13.0. The summed E-state index contributed by atoms with van der Waals surface area (Å²) in [6.07, 6.45) is 2.70. The van der Waals surface area contributed by atoms with Crippen molar-refractivity contribution in [1.82, 2.24) is 9.88 Å². The van der Waals surface area contributed by atoms with Crippen LogP contribution in [0, 0.1) is 11.8 Å². The van der Waals surface area contributed by atoms with Crippen molar-refractivity contribution >= 4 is 32.4 Å². The van der Waals surface area contributed by atoms with Gasteiger partial charge in [-0.3, -0.25) is 14.6 Å². The number of hydrogen-bond acceptors (Lipinski definition) is 5. The molecule has 1 fully saturated rings. The number of ketones is 1. The molecule has 0 N–H and O–H groups in total. The quantitative estimate of drug-likeness (QED) is 0.497. The van der Waals surface area contributed by atoms with Crippen LogP contribution in [-0.4, -0.2) is 43.1 Å². The second kappa shape index (κ2) is 9.43. The van der Waals surface area contributed by atoms with Gasteiger partial charge in [-0.2, -0.15) is 0 Å². The van der Waals surface area contributed by atoms with Crippen molar-refractivity contribution in [3.05, 3.63) is 71.9 Å². The molecule has 7 heteroatoms. The molecule has 2 aromatic carbocycles. The van der Waals surface area contributed by atoms with Crippen molar-refractivity contribution in [1.29, 1.82) is 0 Å². The minimum Gasteiger partial charge on any atom is -0.338 e.